The van der Waals surface area contributed by atoms with Crippen LogP contribution in [-0.2, 0) is 6.42 Å². The molecule has 0 aliphatic heterocycles. The van der Waals surface area contributed by atoms with Gasteiger partial charge in [0, 0.05) is 11.8 Å². The Kier molecular flexibility index (Phi) is 5.89. The maximum Gasteiger partial charge on any atom is 0.162 e. The van der Waals surface area contributed by atoms with Crippen LogP contribution in [0.4, 0.5) is 5.69 Å². The van der Waals surface area contributed by atoms with E-state index in [1.165, 1.54) is 0 Å². The van der Waals surface area contributed by atoms with Gasteiger partial charge in [-0.1, -0.05) is 0 Å². The summed E-state index contributed by atoms with van der Waals surface area (Å²) in [4.78, 5) is 0. The highest BCUT2D eigenvalue weighted by molar-refractivity contribution is 5.85. The second-order valence-corrected chi connectivity index (χ2v) is 2.94. The molecule has 0 aliphatic carbocycles. The molecule has 1 aromatic carbocycles. The maximum atomic E-state index is 5.82. The Morgan fingerprint density at radius 2 is 1.67 bits per heavy atom. The van der Waals surface area contributed by atoms with Crippen molar-refractivity contribution in [2.45, 2.75) is 6.42 Å². The van der Waals surface area contributed by atoms with Gasteiger partial charge in [0.15, 0.2) is 11.5 Å². The van der Waals surface area contributed by atoms with E-state index in [0.717, 1.165) is 12.0 Å². The molecule has 1 rings (SSSR count). The van der Waals surface area contributed by atoms with Crippen molar-refractivity contribution in [2.75, 3.05) is 26.5 Å². The SMILES string of the molecule is COc1cc(N)c(CCN)cc1OC.Cl. The Morgan fingerprint density at radius 3 is 2.13 bits per heavy atom. The monoisotopic (exact) mass is 232 g/mol. The Morgan fingerprint density at radius 1 is 1.13 bits per heavy atom. The van der Waals surface area contributed by atoms with Crippen LogP contribution in [0.25, 0.3) is 0 Å². The lowest BCUT2D eigenvalue weighted by atomic mass is 10.1. The molecule has 1 aromatic rings. The zero-order valence-electron chi connectivity index (χ0n) is 8.95. The lowest BCUT2D eigenvalue weighted by Gasteiger charge is -2.11. The topological polar surface area (TPSA) is 70.5 Å². The minimum Gasteiger partial charge on any atom is -0.493 e. The van der Waals surface area contributed by atoms with E-state index >= 15 is 0 Å². The zero-order chi connectivity index (χ0) is 10.6. The molecule has 0 unspecified atom stereocenters. The van der Waals surface area contributed by atoms with E-state index in [1.54, 1.807) is 20.3 Å². The predicted molar refractivity (Wildman–Crippen MR) is 64.0 cm³/mol. The summed E-state index contributed by atoms with van der Waals surface area (Å²) in [6.45, 7) is 0.569. The van der Waals surface area contributed by atoms with Crippen LogP contribution in [0.15, 0.2) is 12.1 Å². The molecule has 0 aliphatic rings. The lowest BCUT2D eigenvalue weighted by Crippen LogP contribution is -2.06. The van der Waals surface area contributed by atoms with Crippen LogP contribution < -0.4 is 20.9 Å². The van der Waals surface area contributed by atoms with Gasteiger partial charge in [0.05, 0.1) is 14.2 Å². The summed E-state index contributed by atoms with van der Waals surface area (Å²) in [5.41, 5.74) is 13.0. The molecule has 4 N–H and O–H groups in total. The molecule has 0 bridgehead atoms. The van der Waals surface area contributed by atoms with Crippen molar-refractivity contribution in [3.8, 4) is 11.5 Å². The number of anilines is 1. The number of hydrogen-bond donors (Lipinski definition) is 2. The summed E-state index contributed by atoms with van der Waals surface area (Å²) < 4.78 is 10.3. The molecule has 0 atom stereocenters. The van der Waals surface area contributed by atoms with Crippen molar-refractivity contribution in [2.24, 2.45) is 5.73 Å². The molecule has 0 fully saturated rings. The fourth-order valence-corrected chi connectivity index (χ4v) is 1.31. The van der Waals surface area contributed by atoms with Crippen molar-refractivity contribution in [1.82, 2.24) is 0 Å². The van der Waals surface area contributed by atoms with Gasteiger partial charge >= 0.3 is 0 Å². The van der Waals surface area contributed by atoms with Crippen molar-refractivity contribution < 1.29 is 9.47 Å². The van der Waals surface area contributed by atoms with Gasteiger partial charge in [-0.25, -0.2) is 0 Å². The van der Waals surface area contributed by atoms with Crippen molar-refractivity contribution >= 4 is 18.1 Å². The summed E-state index contributed by atoms with van der Waals surface area (Å²) in [5, 5.41) is 0. The molecule has 86 valence electrons. The maximum absolute atomic E-state index is 5.82. The van der Waals surface area contributed by atoms with Gasteiger partial charge in [0.2, 0.25) is 0 Å². The largest absolute Gasteiger partial charge is 0.493 e. The van der Waals surface area contributed by atoms with E-state index < -0.39 is 0 Å². The molecule has 0 saturated carbocycles. The fourth-order valence-electron chi connectivity index (χ4n) is 1.31. The number of halogens is 1. The van der Waals surface area contributed by atoms with Gasteiger partial charge in [0.1, 0.15) is 0 Å². The first kappa shape index (κ1) is 13.9. The van der Waals surface area contributed by atoms with E-state index in [2.05, 4.69) is 0 Å². The van der Waals surface area contributed by atoms with Crippen molar-refractivity contribution in [3.05, 3.63) is 17.7 Å². The average Bonchev–Trinajstić information content (AvgIpc) is 2.20. The summed E-state index contributed by atoms with van der Waals surface area (Å²) in [6, 6.07) is 3.62. The van der Waals surface area contributed by atoms with Crippen LogP contribution in [0.5, 0.6) is 11.5 Å². The molecule has 5 heteroatoms. The minimum atomic E-state index is 0. The number of benzene rings is 1. The highest BCUT2D eigenvalue weighted by atomic mass is 35.5. The molecular formula is C10H17ClN2O2. The summed E-state index contributed by atoms with van der Waals surface area (Å²) in [7, 11) is 3.18. The molecule has 0 amide bonds. The van der Waals surface area contributed by atoms with Crippen LogP contribution in [0.1, 0.15) is 5.56 Å². The Labute approximate surface area is 96.0 Å². The third-order valence-corrected chi connectivity index (χ3v) is 2.06. The first-order valence-electron chi connectivity index (χ1n) is 4.43. The molecule has 0 saturated heterocycles. The molecule has 15 heavy (non-hydrogen) atoms. The van der Waals surface area contributed by atoms with Gasteiger partial charge in [-0.15, -0.1) is 12.4 Å². The molecule has 0 spiro atoms. The second kappa shape index (κ2) is 6.37. The Hall–Kier alpha value is -1.13. The van der Waals surface area contributed by atoms with E-state index in [-0.39, 0.29) is 12.4 Å². The van der Waals surface area contributed by atoms with Crippen LogP contribution in [-0.4, -0.2) is 20.8 Å². The van der Waals surface area contributed by atoms with Crippen LogP contribution in [0.3, 0.4) is 0 Å². The van der Waals surface area contributed by atoms with Crippen molar-refractivity contribution in [1.29, 1.82) is 0 Å². The first-order chi connectivity index (χ1) is 6.72. The third kappa shape index (κ3) is 3.18. The molecule has 4 nitrogen and oxygen atoms in total. The first-order valence-corrected chi connectivity index (χ1v) is 4.43. The number of rotatable bonds is 4. The molecule has 0 heterocycles. The second-order valence-electron chi connectivity index (χ2n) is 2.94. The fraction of sp³-hybridized carbons (Fsp3) is 0.400. The highest BCUT2D eigenvalue weighted by Gasteiger charge is 2.07. The standard InChI is InChI=1S/C10H16N2O2.ClH/c1-13-9-5-7(3-4-11)8(12)6-10(9)14-2;/h5-6H,3-4,11-12H2,1-2H3;1H. The summed E-state index contributed by atoms with van der Waals surface area (Å²) >= 11 is 0. The number of nitrogen functional groups attached to an aromatic ring is 1. The molecular weight excluding hydrogens is 216 g/mol. The van der Waals surface area contributed by atoms with Gasteiger partial charge in [-0.3, -0.25) is 0 Å². The van der Waals surface area contributed by atoms with Crippen LogP contribution >= 0.6 is 12.4 Å². The van der Waals surface area contributed by atoms with Gasteiger partial charge in [-0.05, 0) is 24.6 Å². The van der Waals surface area contributed by atoms with Gasteiger partial charge in [-0.2, -0.15) is 0 Å². The van der Waals surface area contributed by atoms with E-state index in [0.29, 0.717) is 23.7 Å². The lowest BCUT2D eigenvalue weighted by molar-refractivity contribution is 0.355. The van der Waals surface area contributed by atoms with E-state index in [4.69, 9.17) is 20.9 Å². The minimum absolute atomic E-state index is 0. The van der Waals surface area contributed by atoms with Crippen LogP contribution in [0, 0.1) is 0 Å². The normalized spacial score (nSPS) is 9.27. The summed E-state index contributed by atoms with van der Waals surface area (Å²) in [6.07, 6.45) is 0.742. The van der Waals surface area contributed by atoms with Crippen molar-refractivity contribution in [3.63, 3.8) is 0 Å². The number of hydrogen-bond acceptors (Lipinski definition) is 4. The van der Waals surface area contributed by atoms with Crippen LogP contribution in [0.2, 0.25) is 0 Å². The quantitative estimate of drug-likeness (QED) is 0.766. The average molecular weight is 233 g/mol. The predicted octanol–water partition coefficient (Wildman–Crippen LogP) is 1.21. The smallest absolute Gasteiger partial charge is 0.162 e. The zero-order valence-corrected chi connectivity index (χ0v) is 9.76. The molecule has 0 radical (unpaired) electrons. The molecule has 0 aromatic heterocycles. The van der Waals surface area contributed by atoms with E-state index in [9.17, 15) is 0 Å². The summed E-state index contributed by atoms with van der Waals surface area (Å²) in [5.74, 6) is 1.33. The Bertz CT molecular complexity index is 319. The highest BCUT2D eigenvalue weighted by Crippen LogP contribution is 2.31. The third-order valence-electron chi connectivity index (χ3n) is 2.06. The van der Waals surface area contributed by atoms with E-state index in [1.807, 2.05) is 6.07 Å². The Balaban J connectivity index is 0.00000196. The van der Waals surface area contributed by atoms with Gasteiger partial charge in [0.25, 0.3) is 0 Å². The number of ether oxygens (including phenoxy) is 2. The van der Waals surface area contributed by atoms with Gasteiger partial charge < -0.3 is 20.9 Å². The number of nitrogens with two attached hydrogens (primary N) is 2. The number of methoxy groups -OCH3 is 2.